The summed E-state index contributed by atoms with van der Waals surface area (Å²) in [5.41, 5.74) is 1.95. The lowest BCUT2D eigenvalue weighted by Crippen LogP contribution is -2.12. The number of anilines is 1. The fourth-order valence-corrected chi connectivity index (χ4v) is 3.64. The van der Waals surface area contributed by atoms with Crippen LogP contribution >= 0.6 is 22.9 Å². The molecule has 0 bridgehead atoms. The Hall–Kier alpha value is -3.49. The van der Waals surface area contributed by atoms with Gasteiger partial charge in [0.25, 0.3) is 5.91 Å². The van der Waals surface area contributed by atoms with E-state index >= 15 is 0 Å². The number of carbonyl (C=O) groups excluding carboxylic acids is 1. The smallest absolute Gasteiger partial charge is 0.257 e. The highest BCUT2D eigenvalue weighted by atomic mass is 35.5. The Morgan fingerprint density at radius 2 is 1.90 bits per heavy atom. The average molecular weight is 453 g/mol. The van der Waals surface area contributed by atoms with Gasteiger partial charge in [-0.1, -0.05) is 47.2 Å². The van der Waals surface area contributed by atoms with E-state index in [9.17, 15) is 4.79 Å². The third-order valence-corrected chi connectivity index (χ3v) is 5.53. The fraction of sp³-hybridized carbons (Fsp3) is 0.0909. The molecule has 0 aliphatic rings. The number of ether oxygens (including phenoxy) is 2. The van der Waals surface area contributed by atoms with E-state index in [0.29, 0.717) is 37.9 Å². The first-order chi connectivity index (χ1) is 15.1. The number of halogens is 1. The zero-order chi connectivity index (χ0) is 21.6. The molecule has 0 unspecified atom stereocenters. The minimum atomic E-state index is -0.334. The Balaban J connectivity index is 1.45. The monoisotopic (exact) mass is 452 g/mol. The third kappa shape index (κ3) is 4.99. The Morgan fingerprint density at radius 1 is 1.06 bits per heavy atom. The Bertz CT molecular complexity index is 1200. The van der Waals surface area contributed by atoms with Crippen LogP contribution in [0.3, 0.4) is 0 Å². The van der Waals surface area contributed by atoms with Crippen molar-refractivity contribution in [2.24, 2.45) is 0 Å². The first kappa shape index (κ1) is 20.8. The van der Waals surface area contributed by atoms with Gasteiger partial charge in [0.2, 0.25) is 5.13 Å². The minimum absolute atomic E-state index is 0.280. The number of benzene rings is 2. The molecule has 0 atom stereocenters. The molecule has 0 aliphatic carbocycles. The highest BCUT2D eigenvalue weighted by Gasteiger charge is 2.15. The molecule has 31 heavy (non-hydrogen) atoms. The molecule has 2 heterocycles. The lowest BCUT2D eigenvalue weighted by molar-refractivity contribution is 0.102. The maximum atomic E-state index is 12.7. The maximum absolute atomic E-state index is 12.7. The molecule has 0 saturated carbocycles. The zero-order valence-corrected chi connectivity index (χ0v) is 18.0. The van der Waals surface area contributed by atoms with Gasteiger partial charge < -0.3 is 9.47 Å². The number of amides is 1. The van der Waals surface area contributed by atoms with E-state index in [1.165, 1.54) is 18.4 Å². The van der Waals surface area contributed by atoms with Crippen LogP contribution in [-0.2, 0) is 6.61 Å². The van der Waals surface area contributed by atoms with Crippen LogP contribution < -0.4 is 14.8 Å². The summed E-state index contributed by atoms with van der Waals surface area (Å²) in [6, 6.07) is 17.9. The molecule has 2 aromatic heterocycles. The van der Waals surface area contributed by atoms with Crippen LogP contribution in [0, 0.1) is 0 Å². The van der Waals surface area contributed by atoms with Crippen LogP contribution in [0.25, 0.3) is 10.7 Å². The SMILES string of the molecule is COc1cc(C(=O)Nc2nnc(-c3ccccn3)s2)ccc1OCc1ccccc1Cl. The van der Waals surface area contributed by atoms with Crippen LogP contribution in [0.15, 0.2) is 66.9 Å². The summed E-state index contributed by atoms with van der Waals surface area (Å²) in [5.74, 6) is 0.609. The number of aromatic nitrogens is 3. The van der Waals surface area contributed by atoms with Crippen LogP contribution in [0.5, 0.6) is 11.5 Å². The summed E-state index contributed by atoms with van der Waals surface area (Å²) in [7, 11) is 1.52. The molecule has 0 spiro atoms. The number of rotatable bonds is 7. The van der Waals surface area contributed by atoms with Crippen molar-refractivity contribution in [3.63, 3.8) is 0 Å². The second-order valence-electron chi connectivity index (χ2n) is 6.33. The van der Waals surface area contributed by atoms with Gasteiger partial charge in [0, 0.05) is 22.3 Å². The van der Waals surface area contributed by atoms with Gasteiger partial charge in [-0.25, -0.2) is 0 Å². The van der Waals surface area contributed by atoms with E-state index in [0.717, 1.165) is 5.56 Å². The average Bonchev–Trinajstić information content (AvgIpc) is 3.27. The predicted octanol–water partition coefficient (Wildman–Crippen LogP) is 5.09. The number of methoxy groups -OCH3 is 1. The summed E-state index contributed by atoms with van der Waals surface area (Å²) >= 11 is 7.41. The molecule has 0 aliphatic heterocycles. The van der Waals surface area contributed by atoms with Gasteiger partial charge >= 0.3 is 0 Å². The van der Waals surface area contributed by atoms with E-state index in [-0.39, 0.29) is 12.5 Å². The standard InChI is InChI=1S/C22H17ClN4O3S/c1-29-19-12-14(9-10-18(19)30-13-15-6-2-3-7-16(15)23)20(28)25-22-27-26-21(31-22)17-8-4-5-11-24-17/h2-12H,13H2,1H3,(H,25,27,28). The van der Waals surface area contributed by atoms with Gasteiger partial charge in [0.1, 0.15) is 12.3 Å². The molecular weight excluding hydrogens is 436 g/mol. The van der Waals surface area contributed by atoms with Crippen LogP contribution in [0.4, 0.5) is 5.13 Å². The third-order valence-electron chi connectivity index (χ3n) is 4.30. The number of hydrogen-bond acceptors (Lipinski definition) is 7. The van der Waals surface area contributed by atoms with Gasteiger partial charge in [0.05, 0.1) is 7.11 Å². The molecule has 9 heteroatoms. The first-order valence-corrected chi connectivity index (χ1v) is 10.4. The molecule has 7 nitrogen and oxygen atoms in total. The molecule has 156 valence electrons. The van der Waals surface area contributed by atoms with Crippen molar-refractivity contribution in [2.45, 2.75) is 6.61 Å². The molecule has 4 rings (SSSR count). The summed E-state index contributed by atoms with van der Waals surface area (Å²) < 4.78 is 11.2. The van der Waals surface area contributed by atoms with Crippen molar-refractivity contribution < 1.29 is 14.3 Å². The molecule has 1 amide bonds. The van der Waals surface area contributed by atoms with Gasteiger partial charge in [-0.3, -0.25) is 15.1 Å². The van der Waals surface area contributed by atoms with E-state index in [1.54, 1.807) is 30.5 Å². The van der Waals surface area contributed by atoms with E-state index in [2.05, 4.69) is 20.5 Å². The highest BCUT2D eigenvalue weighted by Crippen LogP contribution is 2.30. The van der Waals surface area contributed by atoms with Crippen LogP contribution in [-0.4, -0.2) is 28.2 Å². The normalized spacial score (nSPS) is 10.5. The summed E-state index contributed by atoms with van der Waals surface area (Å²) in [6.45, 7) is 0.280. The van der Waals surface area contributed by atoms with Crippen molar-refractivity contribution in [3.8, 4) is 22.2 Å². The number of hydrogen-bond donors (Lipinski definition) is 1. The molecule has 0 saturated heterocycles. The quantitative estimate of drug-likeness (QED) is 0.420. The summed E-state index contributed by atoms with van der Waals surface area (Å²) in [5, 5.41) is 12.5. The lowest BCUT2D eigenvalue weighted by Gasteiger charge is -2.12. The topological polar surface area (TPSA) is 86.2 Å². The second-order valence-corrected chi connectivity index (χ2v) is 7.71. The Kier molecular flexibility index (Phi) is 6.40. The predicted molar refractivity (Wildman–Crippen MR) is 120 cm³/mol. The fourth-order valence-electron chi connectivity index (χ4n) is 2.73. The number of pyridine rings is 1. The summed E-state index contributed by atoms with van der Waals surface area (Å²) in [4.78, 5) is 16.9. The molecule has 1 N–H and O–H groups in total. The van der Waals surface area contributed by atoms with Crippen molar-refractivity contribution >= 4 is 34.0 Å². The van der Waals surface area contributed by atoms with E-state index in [4.69, 9.17) is 21.1 Å². The van der Waals surface area contributed by atoms with Crippen molar-refractivity contribution in [2.75, 3.05) is 12.4 Å². The molecule has 4 aromatic rings. The zero-order valence-electron chi connectivity index (χ0n) is 16.4. The molecule has 2 aromatic carbocycles. The van der Waals surface area contributed by atoms with Gasteiger partial charge in [0.15, 0.2) is 16.5 Å². The van der Waals surface area contributed by atoms with E-state index < -0.39 is 0 Å². The molecular formula is C22H17ClN4O3S. The highest BCUT2D eigenvalue weighted by molar-refractivity contribution is 7.18. The van der Waals surface area contributed by atoms with Crippen LogP contribution in [0.2, 0.25) is 5.02 Å². The number of carbonyl (C=O) groups is 1. The van der Waals surface area contributed by atoms with Crippen molar-refractivity contribution in [1.29, 1.82) is 0 Å². The van der Waals surface area contributed by atoms with Gasteiger partial charge in [-0.2, -0.15) is 0 Å². The van der Waals surface area contributed by atoms with Gasteiger partial charge in [-0.05, 0) is 36.4 Å². The number of nitrogens with one attached hydrogen (secondary N) is 1. The maximum Gasteiger partial charge on any atom is 0.257 e. The first-order valence-electron chi connectivity index (χ1n) is 9.24. The van der Waals surface area contributed by atoms with Gasteiger partial charge in [-0.15, -0.1) is 10.2 Å². The van der Waals surface area contributed by atoms with Crippen molar-refractivity contribution in [1.82, 2.24) is 15.2 Å². The number of nitrogens with zero attached hydrogens (tertiary/aromatic N) is 3. The molecule has 0 radical (unpaired) electrons. The minimum Gasteiger partial charge on any atom is -0.493 e. The Morgan fingerprint density at radius 3 is 2.68 bits per heavy atom. The largest absolute Gasteiger partial charge is 0.493 e. The Labute approximate surface area is 187 Å². The van der Waals surface area contributed by atoms with Crippen molar-refractivity contribution in [3.05, 3.63) is 83.0 Å². The lowest BCUT2D eigenvalue weighted by atomic mass is 10.2. The molecule has 0 fully saturated rings. The second kappa shape index (κ2) is 9.55. The summed E-state index contributed by atoms with van der Waals surface area (Å²) in [6.07, 6.45) is 1.68. The van der Waals surface area contributed by atoms with E-state index in [1.807, 2.05) is 36.4 Å². The van der Waals surface area contributed by atoms with Crippen LogP contribution in [0.1, 0.15) is 15.9 Å².